The van der Waals surface area contributed by atoms with Gasteiger partial charge in [0.1, 0.15) is 17.4 Å². The summed E-state index contributed by atoms with van der Waals surface area (Å²) in [5.74, 6) is -7.72. The van der Waals surface area contributed by atoms with Crippen LogP contribution in [0.15, 0.2) is 11.6 Å². The van der Waals surface area contributed by atoms with Gasteiger partial charge in [0.2, 0.25) is 17.6 Å². The van der Waals surface area contributed by atoms with Gasteiger partial charge in [0.25, 0.3) is 0 Å². The number of phenolic OH excluding ortho intramolecular Hbond substituents is 1. The number of nitrogens with two attached hydrogens (primary N) is 1. The van der Waals surface area contributed by atoms with Gasteiger partial charge >= 0.3 is 0 Å². The number of aliphatic hydroxyl groups excluding tert-OH is 2. The Bertz CT molecular complexity index is 1160. The molecule has 0 saturated heterocycles. The summed E-state index contributed by atoms with van der Waals surface area (Å²) in [6.45, 7) is 3.23. The number of amides is 2. The molecular formula is C24H28N2O8. The molecule has 4 rings (SSSR count). The second kappa shape index (κ2) is 8.21. The van der Waals surface area contributed by atoms with Gasteiger partial charge in [-0.15, -0.1) is 0 Å². The van der Waals surface area contributed by atoms with E-state index in [0.29, 0.717) is 17.5 Å². The Balaban J connectivity index is 1.86. The number of nitrogens with one attached hydrogen (secondary N) is 1. The fourth-order valence-electron chi connectivity index (χ4n) is 5.80. The maximum Gasteiger partial charge on any atom is 0.230 e. The van der Waals surface area contributed by atoms with Crippen molar-refractivity contribution in [3.63, 3.8) is 0 Å². The molecule has 1 aromatic carbocycles. The maximum atomic E-state index is 13.5. The minimum Gasteiger partial charge on any atom is -0.507 e. The molecule has 34 heavy (non-hydrogen) atoms. The standard InChI is InChI=1S/C24H28N2O8/c1-3-10-4-12(8-26-9(2)27)19(29)17-14(10)6-11-5-13-7-15(28)18(23(25)33)22(32)24(13,34)21(31)16(11)20(17)30/h4,11,13,15,18,28-30,34H,3,5-8H2,1-2H3,(H2,25,33)(H,26,27)/t11-,13+,15?,18?,24+/m1/s1. The average Bonchev–Trinajstić information content (AvgIpc) is 2.75. The van der Waals surface area contributed by atoms with E-state index in [1.807, 2.05) is 6.92 Å². The molecule has 3 aliphatic rings. The number of carbonyl (C=O) groups is 4. The number of aliphatic hydroxyl groups is 3. The Morgan fingerprint density at radius 3 is 2.47 bits per heavy atom. The molecule has 0 spiro atoms. The highest BCUT2D eigenvalue weighted by Crippen LogP contribution is 2.52. The first-order valence-corrected chi connectivity index (χ1v) is 11.3. The van der Waals surface area contributed by atoms with Crippen LogP contribution < -0.4 is 11.1 Å². The monoisotopic (exact) mass is 472 g/mol. The summed E-state index contributed by atoms with van der Waals surface area (Å²) in [7, 11) is 0. The zero-order valence-electron chi connectivity index (χ0n) is 18.9. The van der Waals surface area contributed by atoms with Gasteiger partial charge in [-0.3, -0.25) is 19.2 Å². The van der Waals surface area contributed by atoms with Crippen LogP contribution in [0.25, 0.3) is 5.76 Å². The zero-order valence-corrected chi connectivity index (χ0v) is 18.9. The number of aryl methyl sites for hydroxylation is 1. The first-order valence-electron chi connectivity index (χ1n) is 11.3. The molecular weight excluding hydrogens is 444 g/mol. The van der Waals surface area contributed by atoms with Crippen LogP contribution in [0.3, 0.4) is 0 Å². The van der Waals surface area contributed by atoms with Gasteiger partial charge in [0.05, 0.1) is 11.7 Å². The van der Waals surface area contributed by atoms with E-state index >= 15 is 0 Å². The van der Waals surface area contributed by atoms with Crippen molar-refractivity contribution in [3.05, 3.63) is 33.9 Å². The van der Waals surface area contributed by atoms with Gasteiger partial charge in [0.15, 0.2) is 11.4 Å². The number of benzene rings is 1. The Morgan fingerprint density at radius 1 is 1.21 bits per heavy atom. The lowest BCUT2D eigenvalue weighted by Crippen LogP contribution is -2.66. The van der Waals surface area contributed by atoms with Crippen LogP contribution in [0.2, 0.25) is 0 Å². The van der Waals surface area contributed by atoms with Crippen molar-refractivity contribution in [2.45, 2.75) is 57.8 Å². The zero-order chi connectivity index (χ0) is 25.1. The minimum atomic E-state index is -2.60. The first-order chi connectivity index (χ1) is 15.9. The molecule has 5 atom stereocenters. The lowest BCUT2D eigenvalue weighted by molar-refractivity contribution is -0.174. The summed E-state index contributed by atoms with van der Waals surface area (Å²) in [4.78, 5) is 49.7. The van der Waals surface area contributed by atoms with E-state index in [1.165, 1.54) is 6.92 Å². The number of Topliss-reactive ketones (excluding diaryl/α,β-unsaturated/α-hetero) is 2. The number of aromatic hydroxyl groups is 1. The van der Waals surface area contributed by atoms with E-state index in [1.54, 1.807) is 6.07 Å². The van der Waals surface area contributed by atoms with Crippen LogP contribution in [-0.4, -0.2) is 55.5 Å². The molecule has 3 aliphatic carbocycles. The smallest absolute Gasteiger partial charge is 0.230 e. The molecule has 10 nitrogen and oxygen atoms in total. The molecule has 2 unspecified atom stereocenters. The third-order valence-electron chi connectivity index (χ3n) is 7.46. The third kappa shape index (κ3) is 3.32. The molecule has 2 fully saturated rings. The quantitative estimate of drug-likeness (QED) is 0.325. The van der Waals surface area contributed by atoms with Crippen LogP contribution in [0.4, 0.5) is 0 Å². The maximum absolute atomic E-state index is 13.5. The van der Waals surface area contributed by atoms with Crippen molar-refractivity contribution in [3.8, 4) is 5.75 Å². The van der Waals surface area contributed by atoms with Crippen LogP contribution in [0.1, 0.15) is 48.9 Å². The van der Waals surface area contributed by atoms with Gasteiger partial charge in [-0.1, -0.05) is 13.0 Å². The number of primary amides is 1. The second-order valence-corrected chi connectivity index (χ2v) is 9.40. The van der Waals surface area contributed by atoms with Crippen molar-refractivity contribution in [2.75, 3.05) is 0 Å². The highest BCUT2D eigenvalue weighted by molar-refractivity contribution is 6.24. The average molecular weight is 472 g/mol. The number of rotatable bonds is 4. The molecule has 0 heterocycles. The second-order valence-electron chi connectivity index (χ2n) is 9.40. The van der Waals surface area contributed by atoms with Gasteiger partial charge in [-0.25, -0.2) is 0 Å². The number of hydrogen-bond acceptors (Lipinski definition) is 8. The van der Waals surface area contributed by atoms with Crippen molar-refractivity contribution >= 4 is 29.1 Å². The molecule has 0 aliphatic heterocycles. The topological polar surface area (TPSA) is 187 Å². The molecule has 7 N–H and O–H groups in total. The summed E-state index contributed by atoms with van der Waals surface area (Å²) in [6, 6.07) is 1.74. The predicted octanol–water partition coefficient (Wildman–Crippen LogP) is -0.213. The molecule has 1 aromatic rings. The van der Waals surface area contributed by atoms with Crippen molar-refractivity contribution in [2.24, 2.45) is 23.5 Å². The molecule has 0 bridgehead atoms. The van der Waals surface area contributed by atoms with Crippen LogP contribution in [0, 0.1) is 17.8 Å². The Kier molecular flexibility index (Phi) is 5.77. The molecule has 182 valence electrons. The first kappa shape index (κ1) is 23.9. The SMILES string of the molecule is CCc1cc(CNC(C)=O)c(O)c2c1C[C@H]1C[C@H]3CC(O)C(C(N)=O)C(=O)[C@@]3(O)C(=O)C1=C2O. The lowest BCUT2D eigenvalue weighted by atomic mass is 9.56. The van der Waals surface area contributed by atoms with Crippen molar-refractivity contribution < 1.29 is 39.6 Å². The summed E-state index contributed by atoms with van der Waals surface area (Å²) in [6.07, 6.45) is -0.630. The summed E-state index contributed by atoms with van der Waals surface area (Å²) in [5, 5.41) is 46.3. The summed E-state index contributed by atoms with van der Waals surface area (Å²) >= 11 is 0. The van der Waals surface area contributed by atoms with Crippen molar-refractivity contribution in [1.82, 2.24) is 5.32 Å². The molecule has 2 amide bonds. The number of hydrogen-bond donors (Lipinski definition) is 6. The van der Waals surface area contributed by atoms with E-state index in [0.717, 1.165) is 5.56 Å². The molecule has 10 heteroatoms. The summed E-state index contributed by atoms with van der Waals surface area (Å²) < 4.78 is 0. The molecule has 2 saturated carbocycles. The van der Waals surface area contributed by atoms with E-state index in [2.05, 4.69) is 5.32 Å². The molecule has 0 aromatic heterocycles. The van der Waals surface area contributed by atoms with Gasteiger partial charge in [0, 0.05) is 30.5 Å². The Labute approximate surface area is 195 Å². The van der Waals surface area contributed by atoms with Gasteiger partial charge in [-0.2, -0.15) is 0 Å². The highest BCUT2D eigenvalue weighted by Gasteiger charge is 2.63. The van der Waals surface area contributed by atoms with Crippen LogP contribution in [0.5, 0.6) is 5.75 Å². The fourth-order valence-corrected chi connectivity index (χ4v) is 5.80. The van der Waals surface area contributed by atoms with Crippen LogP contribution >= 0.6 is 0 Å². The highest BCUT2D eigenvalue weighted by atomic mass is 16.3. The van der Waals surface area contributed by atoms with E-state index in [9.17, 15) is 39.6 Å². The number of phenols is 1. The van der Waals surface area contributed by atoms with E-state index in [4.69, 9.17) is 5.73 Å². The van der Waals surface area contributed by atoms with Crippen LogP contribution in [-0.2, 0) is 38.6 Å². The number of carbonyl (C=O) groups excluding carboxylic acids is 4. The third-order valence-corrected chi connectivity index (χ3v) is 7.46. The Morgan fingerprint density at radius 2 is 1.88 bits per heavy atom. The Hall–Kier alpha value is -3.24. The van der Waals surface area contributed by atoms with Gasteiger partial charge < -0.3 is 31.5 Å². The fraction of sp³-hybridized carbons (Fsp3) is 0.500. The number of ketones is 2. The van der Waals surface area contributed by atoms with E-state index in [-0.39, 0.29) is 48.6 Å². The van der Waals surface area contributed by atoms with Crippen molar-refractivity contribution in [1.29, 1.82) is 0 Å². The minimum absolute atomic E-state index is 0.00408. The lowest BCUT2D eigenvalue weighted by Gasteiger charge is -2.48. The molecule has 0 radical (unpaired) electrons. The predicted molar refractivity (Wildman–Crippen MR) is 118 cm³/mol. The summed E-state index contributed by atoms with van der Waals surface area (Å²) in [5.41, 5.74) is 4.31. The van der Waals surface area contributed by atoms with Gasteiger partial charge in [-0.05, 0) is 42.7 Å². The normalized spacial score (nSPS) is 30.4. The number of fused-ring (bicyclic) bond motifs is 3. The van der Waals surface area contributed by atoms with E-state index < -0.39 is 52.7 Å². The largest absolute Gasteiger partial charge is 0.507 e.